The van der Waals surface area contributed by atoms with E-state index in [1.54, 1.807) is 24.3 Å². The first kappa shape index (κ1) is 21.3. The molecule has 2 aromatic carbocycles. The van der Waals surface area contributed by atoms with E-state index in [0.717, 1.165) is 4.90 Å². The predicted molar refractivity (Wildman–Crippen MR) is 119 cm³/mol. The van der Waals surface area contributed by atoms with E-state index in [4.69, 9.17) is 13.9 Å². The zero-order valence-electron chi connectivity index (χ0n) is 18.0. The van der Waals surface area contributed by atoms with Crippen molar-refractivity contribution in [1.29, 1.82) is 0 Å². The van der Waals surface area contributed by atoms with Crippen molar-refractivity contribution in [2.75, 3.05) is 19.1 Å². The number of aliphatic hydroxyl groups is 1. The molecule has 0 radical (unpaired) electrons. The summed E-state index contributed by atoms with van der Waals surface area (Å²) in [6, 6.07) is 10.6. The molecule has 0 saturated carbocycles. The number of imidazole rings is 1. The Labute approximate surface area is 192 Å². The number of fused-ring (bicyclic) bond motifs is 1. The number of nitrogens with zero attached hydrogens (tertiary/aromatic N) is 2. The van der Waals surface area contributed by atoms with Crippen LogP contribution in [0.5, 0.6) is 11.5 Å². The van der Waals surface area contributed by atoms with E-state index >= 15 is 0 Å². The zero-order valence-corrected chi connectivity index (χ0v) is 18.0. The molecule has 34 heavy (non-hydrogen) atoms. The van der Waals surface area contributed by atoms with Crippen molar-refractivity contribution in [3.8, 4) is 11.5 Å². The van der Waals surface area contributed by atoms with Crippen molar-refractivity contribution in [2.45, 2.75) is 6.04 Å². The standard InChI is InChI=1S/C24H18FN3O6/c1-32-13-6-8-17(33-2)14(11-13)21(29)19-20(18-4-3-9-34-18)28(23(31)22(19)30)24-26-15-7-5-12(25)10-16(15)27-24/h3-11,20,29H,1-2H3,(H,26,27)/b21-19+. The lowest BCUT2D eigenvalue weighted by molar-refractivity contribution is -0.132. The number of ether oxygens (including phenoxy) is 2. The van der Waals surface area contributed by atoms with Gasteiger partial charge in [0.15, 0.2) is 0 Å². The van der Waals surface area contributed by atoms with Crippen molar-refractivity contribution in [3.05, 3.63) is 77.5 Å². The number of aliphatic hydroxyl groups excluding tert-OH is 1. The summed E-state index contributed by atoms with van der Waals surface area (Å²) in [4.78, 5) is 34.7. The molecule has 9 nitrogen and oxygen atoms in total. The molecule has 172 valence electrons. The van der Waals surface area contributed by atoms with Gasteiger partial charge >= 0.3 is 5.91 Å². The van der Waals surface area contributed by atoms with Gasteiger partial charge in [-0.05, 0) is 48.5 Å². The summed E-state index contributed by atoms with van der Waals surface area (Å²) in [6.45, 7) is 0. The van der Waals surface area contributed by atoms with E-state index in [2.05, 4.69) is 9.97 Å². The number of amides is 1. The van der Waals surface area contributed by atoms with Crippen LogP contribution in [0.1, 0.15) is 17.4 Å². The number of anilines is 1. The van der Waals surface area contributed by atoms with Crippen LogP contribution < -0.4 is 14.4 Å². The van der Waals surface area contributed by atoms with Gasteiger partial charge in [-0.1, -0.05) is 0 Å². The monoisotopic (exact) mass is 463 g/mol. The third-order valence-electron chi connectivity index (χ3n) is 5.58. The largest absolute Gasteiger partial charge is 0.507 e. The SMILES string of the molecule is COc1ccc(OC)c(/C(O)=C2\C(=O)C(=O)N(c3nc4ccc(F)cc4[nH]3)C2c2ccco2)c1. The van der Waals surface area contributed by atoms with Gasteiger partial charge in [0.05, 0.1) is 42.7 Å². The molecular formula is C24H18FN3O6. The first-order chi connectivity index (χ1) is 16.4. The van der Waals surface area contributed by atoms with Gasteiger partial charge in [-0.3, -0.25) is 14.5 Å². The second-order valence-electron chi connectivity index (χ2n) is 7.47. The molecule has 1 aliphatic rings. The molecule has 5 rings (SSSR count). The summed E-state index contributed by atoms with van der Waals surface area (Å²) in [5.41, 5.74) is 0.664. The number of methoxy groups -OCH3 is 2. The minimum Gasteiger partial charge on any atom is -0.507 e. The number of rotatable bonds is 5. The molecule has 0 aliphatic carbocycles. The Bertz CT molecular complexity index is 1460. The van der Waals surface area contributed by atoms with Crippen molar-refractivity contribution in [3.63, 3.8) is 0 Å². The minimum atomic E-state index is -1.14. The molecule has 0 spiro atoms. The molecule has 10 heteroatoms. The number of nitrogens with one attached hydrogen (secondary N) is 1. The maximum absolute atomic E-state index is 13.7. The maximum Gasteiger partial charge on any atom is 0.302 e. The second kappa shape index (κ2) is 8.07. The van der Waals surface area contributed by atoms with Crippen LogP contribution in [0, 0.1) is 5.82 Å². The number of carbonyl (C=O) groups excluding carboxylic acids is 2. The molecule has 3 heterocycles. The van der Waals surface area contributed by atoms with Gasteiger partial charge in [0.2, 0.25) is 5.95 Å². The summed E-state index contributed by atoms with van der Waals surface area (Å²) >= 11 is 0. The third-order valence-corrected chi connectivity index (χ3v) is 5.58. The fourth-order valence-corrected chi connectivity index (χ4v) is 3.99. The number of hydrogen-bond donors (Lipinski definition) is 2. The molecule has 4 aromatic rings. The molecule has 2 aromatic heterocycles. The van der Waals surface area contributed by atoms with E-state index in [1.807, 2.05) is 0 Å². The summed E-state index contributed by atoms with van der Waals surface area (Å²) < 4.78 is 29.8. The van der Waals surface area contributed by atoms with Gasteiger partial charge in [0, 0.05) is 0 Å². The van der Waals surface area contributed by atoms with Crippen LogP contribution in [-0.2, 0) is 9.59 Å². The van der Waals surface area contributed by atoms with Crippen molar-refractivity contribution < 1.29 is 33.0 Å². The van der Waals surface area contributed by atoms with Crippen LogP contribution in [-0.4, -0.2) is 41.0 Å². The average Bonchev–Trinajstić information content (AvgIpc) is 3.56. The molecular weight excluding hydrogens is 445 g/mol. The van der Waals surface area contributed by atoms with Crippen LogP contribution in [0.2, 0.25) is 0 Å². The van der Waals surface area contributed by atoms with E-state index < -0.39 is 29.3 Å². The van der Waals surface area contributed by atoms with Gasteiger partial charge in [-0.15, -0.1) is 0 Å². The van der Waals surface area contributed by atoms with Crippen LogP contribution in [0.15, 0.2) is 64.8 Å². The summed E-state index contributed by atoms with van der Waals surface area (Å²) in [5, 5.41) is 11.3. The molecule has 2 N–H and O–H groups in total. The molecule has 1 fully saturated rings. The number of halogens is 1. The first-order valence-corrected chi connectivity index (χ1v) is 10.1. The predicted octanol–water partition coefficient (Wildman–Crippen LogP) is 3.94. The van der Waals surface area contributed by atoms with E-state index in [1.165, 1.54) is 44.7 Å². The smallest absolute Gasteiger partial charge is 0.302 e. The Morgan fingerprint density at radius 2 is 1.97 bits per heavy atom. The van der Waals surface area contributed by atoms with Gasteiger partial charge in [-0.25, -0.2) is 9.37 Å². The highest BCUT2D eigenvalue weighted by Gasteiger charge is 2.49. The van der Waals surface area contributed by atoms with Gasteiger partial charge in [0.25, 0.3) is 5.78 Å². The topological polar surface area (TPSA) is 118 Å². The van der Waals surface area contributed by atoms with Crippen molar-refractivity contribution in [2.24, 2.45) is 0 Å². The average molecular weight is 463 g/mol. The minimum absolute atomic E-state index is 0.000701. The van der Waals surface area contributed by atoms with Gasteiger partial charge in [0.1, 0.15) is 34.9 Å². The number of ketones is 1. The number of H-pyrrole nitrogens is 1. The Hall–Kier alpha value is -4.60. The highest BCUT2D eigenvalue weighted by Crippen LogP contribution is 2.43. The van der Waals surface area contributed by atoms with E-state index in [9.17, 15) is 19.1 Å². The number of hydrogen-bond acceptors (Lipinski definition) is 7. The fraction of sp³-hybridized carbons (Fsp3) is 0.125. The van der Waals surface area contributed by atoms with Gasteiger partial charge < -0.3 is 24.0 Å². The lowest BCUT2D eigenvalue weighted by Gasteiger charge is -2.21. The maximum atomic E-state index is 13.7. The lowest BCUT2D eigenvalue weighted by atomic mass is 9.98. The summed E-state index contributed by atoms with van der Waals surface area (Å²) in [5.74, 6) is -1.96. The van der Waals surface area contributed by atoms with Crippen molar-refractivity contribution >= 4 is 34.4 Å². The highest BCUT2D eigenvalue weighted by molar-refractivity contribution is 6.51. The van der Waals surface area contributed by atoms with Crippen LogP contribution in [0.4, 0.5) is 10.3 Å². The molecule has 1 unspecified atom stereocenters. The second-order valence-corrected chi connectivity index (χ2v) is 7.47. The number of furan rings is 1. The van der Waals surface area contributed by atoms with Gasteiger partial charge in [-0.2, -0.15) is 0 Å². The number of aromatic amines is 1. The molecule has 0 bridgehead atoms. The zero-order chi connectivity index (χ0) is 24.0. The number of benzene rings is 2. The Morgan fingerprint density at radius 1 is 1.15 bits per heavy atom. The quantitative estimate of drug-likeness (QED) is 0.261. The van der Waals surface area contributed by atoms with E-state index in [0.29, 0.717) is 16.8 Å². The summed E-state index contributed by atoms with van der Waals surface area (Å²) in [7, 11) is 2.87. The number of carbonyl (C=O) groups is 2. The van der Waals surface area contributed by atoms with Crippen LogP contribution >= 0.6 is 0 Å². The highest BCUT2D eigenvalue weighted by atomic mass is 19.1. The third kappa shape index (κ3) is 3.27. The molecule has 1 amide bonds. The molecule has 1 atom stereocenters. The van der Waals surface area contributed by atoms with Crippen LogP contribution in [0.3, 0.4) is 0 Å². The normalized spacial score (nSPS) is 17.5. The van der Waals surface area contributed by atoms with Crippen LogP contribution in [0.25, 0.3) is 16.8 Å². The summed E-state index contributed by atoms with van der Waals surface area (Å²) in [6.07, 6.45) is 1.38. The number of Topliss-reactive ketones (excluding diaryl/α,β-unsaturated/α-hetero) is 1. The first-order valence-electron chi connectivity index (χ1n) is 10.1. The Balaban J connectivity index is 1.73. The Kier molecular flexibility index (Phi) is 5.05. The Morgan fingerprint density at radius 3 is 2.68 bits per heavy atom. The fourth-order valence-electron chi connectivity index (χ4n) is 3.99. The lowest BCUT2D eigenvalue weighted by Crippen LogP contribution is -2.30. The molecule has 1 aliphatic heterocycles. The van der Waals surface area contributed by atoms with E-state index in [-0.39, 0.29) is 28.6 Å². The van der Waals surface area contributed by atoms with Crippen molar-refractivity contribution in [1.82, 2.24) is 9.97 Å². The molecule has 1 saturated heterocycles. The number of aromatic nitrogens is 2.